The van der Waals surface area contributed by atoms with E-state index in [1.54, 1.807) is 6.07 Å². The smallest absolute Gasteiger partial charge is 0.478 e. The van der Waals surface area contributed by atoms with Crippen LogP contribution in [0.25, 0.3) is 11.1 Å². The van der Waals surface area contributed by atoms with E-state index in [4.69, 9.17) is 21.5 Å². The van der Waals surface area contributed by atoms with Crippen LogP contribution < -0.4 is 4.90 Å². The number of aliphatic carboxylic acids is 1. The van der Waals surface area contributed by atoms with Crippen LogP contribution in [0, 0.1) is 0 Å². The van der Waals surface area contributed by atoms with E-state index in [2.05, 4.69) is 51.2 Å². The third-order valence-corrected chi connectivity index (χ3v) is 6.55. The van der Waals surface area contributed by atoms with Crippen LogP contribution in [0.15, 0.2) is 60.8 Å². The molecule has 0 aliphatic carbocycles. The molecule has 0 spiro atoms. The largest absolute Gasteiger partial charge is 0.490 e. The van der Waals surface area contributed by atoms with Crippen molar-refractivity contribution in [3.63, 3.8) is 0 Å². The van der Waals surface area contributed by atoms with Gasteiger partial charge in [0.25, 0.3) is 0 Å². The van der Waals surface area contributed by atoms with E-state index in [1.165, 1.54) is 22.9 Å². The van der Waals surface area contributed by atoms with Crippen LogP contribution in [-0.2, 0) is 17.8 Å². The second-order valence-electron chi connectivity index (χ2n) is 8.77. The fourth-order valence-corrected chi connectivity index (χ4v) is 4.74. The Kier molecular flexibility index (Phi) is 7.70. The number of rotatable bonds is 4. The summed E-state index contributed by atoms with van der Waals surface area (Å²) in [6.45, 7) is 3.68. The summed E-state index contributed by atoms with van der Waals surface area (Å²) in [5, 5.41) is 17.1. The molecule has 0 saturated carbocycles. The molecule has 1 saturated heterocycles. The minimum absolute atomic E-state index is 0.266. The summed E-state index contributed by atoms with van der Waals surface area (Å²) in [6, 6.07) is 18.6. The van der Waals surface area contributed by atoms with Gasteiger partial charge in [0.1, 0.15) is 5.82 Å². The first-order valence-electron chi connectivity index (χ1n) is 11.4. The van der Waals surface area contributed by atoms with Crippen molar-refractivity contribution >= 4 is 29.4 Å². The van der Waals surface area contributed by atoms with Crippen molar-refractivity contribution in [2.75, 3.05) is 24.5 Å². The third-order valence-electron chi connectivity index (χ3n) is 6.29. The number of aromatic nitrogens is 1. The maximum absolute atomic E-state index is 11.3. The van der Waals surface area contributed by atoms with E-state index < -0.39 is 18.1 Å². The van der Waals surface area contributed by atoms with Gasteiger partial charge in [-0.05, 0) is 46.9 Å². The molecule has 2 aliphatic rings. The summed E-state index contributed by atoms with van der Waals surface area (Å²) in [5.74, 6) is -2.73. The second-order valence-corrected chi connectivity index (χ2v) is 9.20. The second kappa shape index (κ2) is 10.8. The molecule has 1 atom stereocenters. The van der Waals surface area contributed by atoms with Crippen molar-refractivity contribution in [1.29, 1.82) is 0 Å². The van der Waals surface area contributed by atoms with E-state index in [1.807, 2.05) is 12.1 Å². The predicted molar refractivity (Wildman–Crippen MR) is 132 cm³/mol. The Morgan fingerprint density at radius 3 is 2.38 bits per heavy atom. The van der Waals surface area contributed by atoms with Gasteiger partial charge in [-0.3, -0.25) is 4.90 Å². The normalized spacial score (nSPS) is 16.9. The van der Waals surface area contributed by atoms with Crippen LogP contribution in [0.4, 0.5) is 19.0 Å². The number of carbonyl (C=O) groups is 2. The number of hydrogen-bond donors (Lipinski definition) is 2. The SMILES string of the molecule is O=C(O)C(F)(F)F.O=C(O)c1cnc2c(c1)CC1CN(Cc3ccccc3-c3ccc(Cl)cc3)CCN21. The van der Waals surface area contributed by atoms with Gasteiger partial charge in [0, 0.05) is 43.4 Å². The van der Waals surface area contributed by atoms with E-state index in [9.17, 15) is 23.1 Å². The molecule has 11 heteroatoms. The van der Waals surface area contributed by atoms with Crippen molar-refractivity contribution < 1.29 is 33.0 Å². The van der Waals surface area contributed by atoms with Crippen LogP contribution in [0.3, 0.4) is 0 Å². The molecule has 37 heavy (non-hydrogen) atoms. The molecule has 3 heterocycles. The quantitative estimate of drug-likeness (QED) is 0.488. The van der Waals surface area contributed by atoms with Gasteiger partial charge in [-0.2, -0.15) is 13.2 Å². The number of anilines is 1. The molecule has 0 amide bonds. The summed E-state index contributed by atoms with van der Waals surface area (Å²) in [4.78, 5) is 29.4. The highest BCUT2D eigenvalue weighted by Crippen LogP contribution is 2.34. The van der Waals surface area contributed by atoms with Gasteiger partial charge in [0.15, 0.2) is 0 Å². The summed E-state index contributed by atoms with van der Waals surface area (Å²) in [7, 11) is 0. The lowest BCUT2D eigenvalue weighted by Crippen LogP contribution is -2.51. The van der Waals surface area contributed by atoms with Crippen molar-refractivity contribution in [2.24, 2.45) is 0 Å². The Balaban J connectivity index is 0.000000405. The molecular formula is C26H23ClF3N3O4. The molecule has 1 fully saturated rings. The minimum atomic E-state index is -5.08. The zero-order chi connectivity index (χ0) is 26.7. The first-order valence-corrected chi connectivity index (χ1v) is 11.8. The molecule has 7 nitrogen and oxygen atoms in total. The highest BCUT2D eigenvalue weighted by atomic mass is 35.5. The van der Waals surface area contributed by atoms with Crippen LogP contribution in [-0.4, -0.2) is 63.9 Å². The fourth-order valence-electron chi connectivity index (χ4n) is 4.61. The van der Waals surface area contributed by atoms with E-state index in [0.29, 0.717) is 6.04 Å². The lowest BCUT2D eigenvalue weighted by atomic mass is 9.99. The first kappa shape index (κ1) is 26.4. The summed E-state index contributed by atoms with van der Waals surface area (Å²) >= 11 is 6.06. The molecule has 3 aromatic rings. The molecular weight excluding hydrogens is 511 g/mol. The number of alkyl halides is 3. The predicted octanol–water partition coefficient (Wildman–Crippen LogP) is 4.98. The Hall–Kier alpha value is -3.63. The van der Waals surface area contributed by atoms with E-state index in [-0.39, 0.29) is 5.56 Å². The number of aromatic carboxylic acids is 1. The summed E-state index contributed by atoms with van der Waals surface area (Å²) < 4.78 is 31.7. The van der Waals surface area contributed by atoms with Crippen molar-refractivity contribution in [2.45, 2.75) is 25.2 Å². The molecule has 5 rings (SSSR count). The molecule has 2 N–H and O–H groups in total. The van der Waals surface area contributed by atoms with Crippen LogP contribution in [0.1, 0.15) is 21.5 Å². The van der Waals surface area contributed by atoms with Gasteiger partial charge < -0.3 is 15.1 Å². The van der Waals surface area contributed by atoms with E-state index in [0.717, 1.165) is 49.0 Å². The zero-order valence-corrected chi connectivity index (χ0v) is 20.2. The Morgan fingerprint density at radius 2 is 1.73 bits per heavy atom. The first-order chi connectivity index (χ1) is 17.5. The summed E-state index contributed by atoms with van der Waals surface area (Å²) in [6.07, 6.45) is -2.77. The lowest BCUT2D eigenvalue weighted by Gasteiger charge is -2.38. The van der Waals surface area contributed by atoms with Crippen LogP contribution in [0.5, 0.6) is 0 Å². The van der Waals surface area contributed by atoms with Gasteiger partial charge >= 0.3 is 18.1 Å². The van der Waals surface area contributed by atoms with Crippen molar-refractivity contribution in [3.8, 4) is 11.1 Å². The van der Waals surface area contributed by atoms with Crippen molar-refractivity contribution in [3.05, 3.63) is 82.5 Å². The average molecular weight is 534 g/mol. The maximum Gasteiger partial charge on any atom is 0.490 e. The van der Waals surface area contributed by atoms with Crippen molar-refractivity contribution in [1.82, 2.24) is 9.88 Å². The van der Waals surface area contributed by atoms with Gasteiger partial charge in [0.05, 0.1) is 5.56 Å². The fraction of sp³-hybridized carbons (Fsp3) is 0.269. The van der Waals surface area contributed by atoms with E-state index >= 15 is 0 Å². The number of carboxylic acid groups (broad SMARTS) is 2. The van der Waals surface area contributed by atoms with Gasteiger partial charge in [-0.1, -0.05) is 48.0 Å². The number of pyridine rings is 1. The molecule has 2 aromatic carbocycles. The van der Waals surface area contributed by atoms with Crippen LogP contribution >= 0.6 is 11.6 Å². The number of halogens is 4. The van der Waals surface area contributed by atoms with Gasteiger partial charge in [0.2, 0.25) is 0 Å². The highest BCUT2D eigenvalue weighted by Gasteiger charge is 2.38. The van der Waals surface area contributed by atoms with Gasteiger partial charge in [-0.15, -0.1) is 0 Å². The van der Waals surface area contributed by atoms with Gasteiger partial charge in [-0.25, -0.2) is 14.6 Å². The molecule has 1 aromatic heterocycles. The molecule has 0 radical (unpaired) electrons. The zero-order valence-electron chi connectivity index (χ0n) is 19.5. The highest BCUT2D eigenvalue weighted by molar-refractivity contribution is 6.30. The number of hydrogen-bond acceptors (Lipinski definition) is 5. The monoisotopic (exact) mass is 533 g/mol. The molecule has 0 bridgehead atoms. The molecule has 194 valence electrons. The average Bonchev–Trinajstić information content (AvgIpc) is 3.22. The summed E-state index contributed by atoms with van der Waals surface area (Å²) in [5.41, 5.74) is 5.02. The molecule has 2 aliphatic heterocycles. The number of nitrogens with zero attached hydrogens (tertiary/aromatic N) is 3. The number of piperazine rings is 1. The maximum atomic E-state index is 11.3. The third kappa shape index (κ3) is 6.20. The lowest BCUT2D eigenvalue weighted by molar-refractivity contribution is -0.192. The minimum Gasteiger partial charge on any atom is -0.478 e. The Morgan fingerprint density at radius 1 is 1.05 bits per heavy atom. The Bertz CT molecular complexity index is 1300. The number of carboxylic acids is 2. The topological polar surface area (TPSA) is 94.0 Å². The van der Waals surface area contributed by atoms with Crippen LogP contribution in [0.2, 0.25) is 5.02 Å². The molecule has 1 unspecified atom stereocenters. The standard InChI is InChI=1S/C24H22ClN3O2.C2HF3O2/c25-20-7-5-16(6-8-20)22-4-2-1-3-17(22)14-27-9-10-28-21(15-27)12-18-11-19(24(29)30)13-26-23(18)28;3-2(4,5)1(6)7/h1-8,11,13,21H,9-10,12,14-15H2,(H,29,30);(H,6,7). The Labute approximate surface area is 215 Å². The number of benzene rings is 2. The number of fused-ring (bicyclic) bond motifs is 3.